The number of hydrogen-bond donors (Lipinski definition) is 1. The fraction of sp³-hybridized carbons (Fsp3) is 0.400. The van der Waals surface area contributed by atoms with Gasteiger partial charge in [-0.05, 0) is 25.6 Å². The zero-order chi connectivity index (χ0) is 8.97. The van der Waals surface area contributed by atoms with Crippen LogP contribution in [0.15, 0.2) is 16.7 Å². The summed E-state index contributed by atoms with van der Waals surface area (Å²) >= 11 is 0. The summed E-state index contributed by atoms with van der Waals surface area (Å²) < 4.78 is 5.31. The predicted molar refractivity (Wildman–Crippen MR) is 48.7 cm³/mol. The molecule has 2 heteroatoms. The number of nitrogens with one attached hydrogen (secondary N) is 1. The van der Waals surface area contributed by atoms with Crippen molar-refractivity contribution >= 4 is 0 Å². The smallest absolute Gasteiger partial charge is 0.124 e. The highest BCUT2D eigenvalue weighted by molar-refractivity contribution is 5.19. The molecule has 1 aromatic rings. The SMILES string of the molecule is C#CCC(NC)c1occc1C. The fourth-order valence-electron chi connectivity index (χ4n) is 1.19. The molecule has 0 saturated heterocycles. The third-order valence-corrected chi connectivity index (χ3v) is 1.89. The van der Waals surface area contributed by atoms with E-state index in [1.54, 1.807) is 6.26 Å². The first-order valence-corrected chi connectivity index (χ1v) is 3.94. The summed E-state index contributed by atoms with van der Waals surface area (Å²) in [5, 5.41) is 3.11. The molecular weight excluding hydrogens is 150 g/mol. The Bertz CT molecular complexity index is 282. The maximum absolute atomic E-state index is 5.31. The molecule has 1 atom stereocenters. The van der Waals surface area contributed by atoms with Crippen LogP contribution in [-0.2, 0) is 0 Å². The third kappa shape index (κ3) is 1.69. The van der Waals surface area contributed by atoms with Crippen LogP contribution >= 0.6 is 0 Å². The van der Waals surface area contributed by atoms with Gasteiger partial charge < -0.3 is 9.73 Å². The lowest BCUT2D eigenvalue weighted by atomic mass is 10.1. The molecule has 0 aromatic carbocycles. The highest BCUT2D eigenvalue weighted by Gasteiger charge is 2.12. The zero-order valence-corrected chi connectivity index (χ0v) is 7.42. The Morgan fingerprint density at radius 3 is 2.92 bits per heavy atom. The quantitative estimate of drug-likeness (QED) is 0.688. The second-order valence-corrected chi connectivity index (χ2v) is 2.72. The van der Waals surface area contributed by atoms with Crippen LogP contribution in [-0.4, -0.2) is 7.05 Å². The lowest BCUT2D eigenvalue weighted by Crippen LogP contribution is -2.15. The van der Waals surface area contributed by atoms with Crippen molar-refractivity contribution in [2.24, 2.45) is 0 Å². The van der Waals surface area contributed by atoms with E-state index in [9.17, 15) is 0 Å². The van der Waals surface area contributed by atoms with Crippen molar-refractivity contribution in [1.29, 1.82) is 0 Å². The lowest BCUT2D eigenvalue weighted by molar-refractivity contribution is 0.433. The largest absolute Gasteiger partial charge is 0.467 e. The molecule has 0 aliphatic carbocycles. The Morgan fingerprint density at radius 1 is 1.75 bits per heavy atom. The normalized spacial score (nSPS) is 12.4. The molecule has 0 bridgehead atoms. The molecule has 0 spiro atoms. The van der Waals surface area contributed by atoms with E-state index in [1.807, 2.05) is 20.0 Å². The van der Waals surface area contributed by atoms with Crippen LogP contribution in [0, 0.1) is 19.3 Å². The maximum atomic E-state index is 5.31. The van der Waals surface area contributed by atoms with E-state index in [2.05, 4.69) is 11.2 Å². The van der Waals surface area contributed by atoms with Gasteiger partial charge in [0, 0.05) is 6.42 Å². The second kappa shape index (κ2) is 3.99. The number of hydrogen-bond acceptors (Lipinski definition) is 2. The average Bonchev–Trinajstić information content (AvgIpc) is 2.47. The summed E-state index contributed by atoms with van der Waals surface area (Å²) in [6.45, 7) is 2.01. The molecule has 0 aliphatic heterocycles. The summed E-state index contributed by atoms with van der Waals surface area (Å²) in [5.74, 6) is 3.55. The average molecular weight is 163 g/mol. The van der Waals surface area contributed by atoms with Crippen LogP contribution in [0.25, 0.3) is 0 Å². The number of furan rings is 1. The second-order valence-electron chi connectivity index (χ2n) is 2.72. The molecule has 1 heterocycles. The minimum atomic E-state index is 0.144. The molecule has 0 saturated carbocycles. The molecular formula is C10H13NO. The molecule has 1 rings (SSSR count). The molecule has 12 heavy (non-hydrogen) atoms. The first kappa shape index (κ1) is 8.89. The van der Waals surface area contributed by atoms with Crippen molar-refractivity contribution in [3.63, 3.8) is 0 Å². The van der Waals surface area contributed by atoms with Gasteiger partial charge in [0.25, 0.3) is 0 Å². The Morgan fingerprint density at radius 2 is 2.50 bits per heavy atom. The van der Waals surface area contributed by atoms with Crippen LogP contribution < -0.4 is 5.32 Å². The van der Waals surface area contributed by atoms with Gasteiger partial charge in [-0.3, -0.25) is 0 Å². The summed E-state index contributed by atoms with van der Waals surface area (Å²) in [6, 6.07) is 2.08. The topological polar surface area (TPSA) is 25.2 Å². The first-order chi connectivity index (χ1) is 5.79. The molecule has 64 valence electrons. The van der Waals surface area contributed by atoms with Gasteiger partial charge in [0.15, 0.2) is 0 Å². The van der Waals surface area contributed by atoms with Crippen molar-refractivity contribution in [3.8, 4) is 12.3 Å². The Balaban J connectivity index is 2.81. The minimum Gasteiger partial charge on any atom is -0.467 e. The van der Waals surface area contributed by atoms with Crippen LogP contribution in [0.4, 0.5) is 0 Å². The molecule has 0 aliphatic rings. The molecule has 0 amide bonds. The molecule has 1 unspecified atom stereocenters. The number of rotatable bonds is 3. The minimum absolute atomic E-state index is 0.144. The van der Waals surface area contributed by atoms with E-state index < -0.39 is 0 Å². The zero-order valence-electron chi connectivity index (χ0n) is 7.42. The van der Waals surface area contributed by atoms with Crippen molar-refractivity contribution in [2.75, 3.05) is 7.05 Å². The number of aryl methyl sites for hydroxylation is 1. The van der Waals surface area contributed by atoms with Crippen molar-refractivity contribution in [2.45, 2.75) is 19.4 Å². The highest BCUT2D eigenvalue weighted by atomic mass is 16.3. The fourth-order valence-corrected chi connectivity index (χ4v) is 1.19. The third-order valence-electron chi connectivity index (χ3n) is 1.89. The molecule has 1 aromatic heterocycles. The van der Waals surface area contributed by atoms with E-state index in [1.165, 1.54) is 0 Å². The Hall–Kier alpha value is -1.20. The van der Waals surface area contributed by atoms with Gasteiger partial charge in [-0.2, -0.15) is 0 Å². The molecule has 2 nitrogen and oxygen atoms in total. The van der Waals surface area contributed by atoms with Crippen LogP contribution in [0.3, 0.4) is 0 Å². The van der Waals surface area contributed by atoms with Crippen LogP contribution in [0.5, 0.6) is 0 Å². The van der Waals surface area contributed by atoms with Crippen molar-refractivity contribution in [1.82, 2.24) is 5.32 Å². The lowest BCUT2D eigenvalue weighted by Gasteiger charge is -2.10. The van der Waals surface area contributed by atoms with Crippen molar-refractivity contribution in [3.05, 3.63) is 23.7 Å². The number of terminal acetylenes is 1. The van der Waals surface area contributed by atoms with E-state index in [0.29, 0.717) is 6.42 Å². The maximum Gasteiger partial charge on any atom is 0.124 e. The van der Waals surface area contributed by atoms with Crippen LogP contribution in [0.2, 0.25) is 0 Å². The van der Waals surface area contributed by atoms with E-state index in [4.69, 9.17) is 10.8 Å². The molecule has 0 fully saturated rings. The summed E-state index contributed by atoms with van der Waals surface area (Å²) in [4.78, 5) is 0. The van der Waals surface area contributed by atoms with E-state index in [0.717, 1.165) is 11.3 Å². The summed E-state index contributed by atoms with van der Waals surface area (Å²) in [7, 11) is 1.88. The summed E-state index contributed by atoms with van der Waals surface area (Å²) in [5.41, 5.74) is 1.14. The monoisotopic (exact) mass is 163 g/mol. The van der Waals surface area contributed by atoms with E-state index >= 15 is 0 Å². The van der Waals surface area contributed by atoms with Crippen molar-refractivity contribution < 1.29 is 4.42 Å². The Kier molecular flexibility index (Phi) is 2.95. The highest BCUT2D eigenvalue weighted by Crippen LogP contribution is 2.20. The van der Waals surface area contributed by atoms with Crippen LogP contribution in [0.1, 0.15) is 23.8 Å². The van der Waals surface area contributed by atoms with Gasteiger partial charge in [-0.15, -0.1) is 12.3 Å². The first-order valence-electron chi connectivity index (χ1n) is 3.94. The molecule has 1 N–H and O–H groups in total. The van der Waals surface area contributed by atoms with Gasteiger partial charge in [0.1, 0.15) is 5.76 Å². The van der Waals surface area contributed by atoms with E-state index in [-0.39, 0.29) is 6.04 Å². The van der Waals surface area contributed by atoms with Gasteiger partial charge >= 0.3 is 0 Å². The molecule has 0 radical (unpaired) electrons. The summed E-state index contributed by atoms with van der Waals surface area (Å²) in [6.07, 6.45) is 7.57. The van der Waals surface area contributed by atoms with Gasteiger partial charge in [0.05, 0.1) is 12.3 Å². The van der Waals surface area contributed by atoms with Gasteiger partial charge in [-0.25, -0.2) is 0 Å². The Labute approximate surface area is 73.0 Å². The predicted octanol–water partition coefficient (Wildman–Crippen LogP) is 1.87. The van der Waals surface area contributed by atoms with Gasteiger partial charge in [-0.1, -0.05) is 0 Å². The standard InChI is InChI=1S/C10H13NO/c1-4-5-9(11-3)10-8(2)6-7-12-10/h1,6-7,9,11H,5H2,2-3H3. The van der Waals surface area contributed by atoms with Gasteiger partial charge in [0.2, 0.25) is 0 Å².